The van der Waals surface area contributed by atoms with Gasteiger partial charge in [-0.15, -0.1) is 0 Å². The van der Waals surface area contributed by atoms with Gasteiger partial charge in [0, 0.05) is 50.9 Å². The minimum absolute atomic E-state index is 0.00580. The van der Waals surface area contributed by atoms with Crippen LogP contribution in [-0.2, 0) is 9.53 Å². The summed E-state index contributed by atoms with van der Waals surface area (Å²) in [5, 5.41) is 3.14. The summed E-state index contributed by atoms with van der Waals surface area (Å²) >= 11 is 0. The van der Waals surface area contributed by atoms with Crippen LogP contribution in [0.1, 0.15) is 17.3 Å². The molecule has 2 aliphatic rings. The number of piperazine rings is 1. The summed E-state index contributed by atoms with van der Waals surface area (Å²) in [6, 6.07) is 13.8. The molecule has 2 fully saturated rings. The normalized spacial score (nSPS) is 18.8. The number of hydrogen-bond donors (Lipinski definition) is 0. The molecule has 2 aliphatic heterocycles. The first-order valence-electron chi connectivity index (χ1n) is 11.3. The van der Waals surface area contributed by atoms with E-state index in [2.05, 4.69) is 16.0 Å². The number of morpholine rings is 1. The molecule has 2 amide bonds. The number of benzene rings is 2. The summed E-state index contributed by atoms with van der Waals surface area (Å²) in [4.78, 5) is 36.8. The summed E-state index contributed by atoms with van der Waals surface area (Å²) in [5.74, 6) is 0.157. The van der Waals surface area contributed by atoms with Crippen LogP contribution < -0.4 is 0 Å². The molecular formula is C25H28N4O3. The number of aromatic nitrogens is 1. The fourth-order valence-electron chi connectivity index (χ4n) is 4.78. The first-order valence-corrected chi connectivity index (χ1v) is 11.3. The Hall–Kier alpha value is -3.03. The van der Waals surface area contributed by atoms with Gasteiger partial charge >= 0.3 is 0 Å². The first-order chi connectivity index (χ1) is 15.6. The van der Waals surface area contributed by atoms with E-state index in [1.54, 1.807) is 6.20 Å². The second-order valence-electron chi connectivity index (χ2n) is 8.49. The number of hydrogen-bond acceptors (Lipinski definition) is 5. The standard InChI is InChI=1S/C25H28N4O3/c1-18(24(30)29-13-15-32-16-14-29)27-9-11-28(12-10-27)25(31)22-17-19-5-2-3-6-20(19)21-7-4-8-26-23(21)22/h2-8,17-18H,9-16H2,1H3. The number of ether oxygens (including phenoxy) is 1. The zero-order valence-electron chi connectivity index (χ0n) is 18.4. The maximum atomic E-state index is 13.5. The van der Waals surface area contributed by atoms with Crippen molar-refractivity contribution in [3.63, 3.8) is 0 Å². The van der Waals surface area contributed by atoms with Gasteiger partial charge in [0.2, 0.25) is 5.91 Å². The van der Waals surface area contributed by atoms with Gasteiger partial charge in [0.05, 0.1) is 30.3 Å². The van der Waals surface area contributed by atoms with Crippen LogP contribution in [0.2, 0.25) is 0 Å². The lowest BCUT2D eigenvalue weighted by molar-refractivity contribution is -0.141. The Morgan fingerprint density at radius 3 is 2.41 bits per heavy atom. The van der Waals surface area contributed by atoms with Gasteiger partial charge in [-0.2, -0.15) is 0 Å². The van der Waals surface area contributed by atoms with Crippen molar-refractivity contribution in [2.45, 2.75) is 13.0 Å². The lowest BCUT2D eigenvalue weighted by Gasteiger charge is -2.39. The van der Waals surface area contributed by atoms with E-state index in [-0.39, 0.29) is 17.9 Å². The van der Waals surface area contributed by atoms with E-state index in [4.69, 9.17) is 4.74 Å². The summed E-state index contributed by atoms with van der Waals surface area (Å²) in [5.41, 5.74) is 1.39. The number of amides is 2. The predicted molar refractivity (Wildman–Crippen MR) is 124 cm³/mol. The second kappa shape index (κ2) is 8.84. The molecule has 2 saturated heterocycles. The lowest BCUT2D eigenvalue weighted by atomic mass is 10.00. The highest BCUT2D eigenvalue weighted by Crippen LogP contribution is 2.28. The quantitative estimate of drug-likeness (QED) is 0.595. The fraction of sp³-hybridized carbons (Fsp3) is 0.400. The molecule has 1 unspecified atom stereocenters. The summed E-state index contributed by atoms with van der Waals surface area (Å²) in [7, 11) is 0. The Bertz CT molecular complexity index is 1150. The molecule has 7 heteroatoms. The number of carbonyl (C=O) groups is 2. The van der Waals surface area contributed by atoms with E-state index >= 15 is 0 Å². The third-order valence-electron chi connectivity index (χ3n) is 6.67. The highest BCUT2D eigenvalue weighted by Gasteiger charge is 2.31. The molecule has 1 atom stereocenters. The zero-order valence-corrected chi connectivity index (χ0v) is 18.4. The SMILES string of the molecule is CC(C(=O)N1CCOCC1)N1CCN(C(=O)c2cc3ccccc3c3cccnc23)CC1. The molecule has 0 spiro atoms. The Balaban J connectivity index is 1.32. The third kappa shape index (κ3) is 3.82. The molecule has 2 aromatic carbocycles. The van der Waals surface area contributed by atoms with E-state index in [0.717, 1.165) is 21.7 Å². The molecule has 1 aromatic heterocycles. The molecule has 3 heterocycles. The largest absolute Gasteiger partial charge is 0.378 e. The molecular weight excluding hydrogens is 404 g/mol. The van der Waals surface area contributed by atoms with Crippen LogP contribution >= 0.6 is 0 Å². The lowest BCUT2D eigenvalue weighted by Crippen LogP contribution is -2.56. The van der Waals surface area contributed by atoms with Crippen LogP contribution in [0.3, 0.4) is 0 Å². The Kier molecular flexibility index (Phi) is 5.76. The second-order valence-corrected chi connectivity index (χ2v) is 8.49. The van der Waals surface area contributed by atoms with Crippen LogP contribution in [0.4, 0.5) is 0 Å². The van der Waals surface area contributed by atoms with Crippen LogP contribution in [0.5, 0.6) is 0 Å². The molecule has 166 valence electrons. The Morgan fingerprint density at radius 2 is 1.62 bits per heavy atom. The van der Waals surface area contributed by atoms with Gasteiger partial charge < -0.3 is 14.5 Å². The first kappa shape index (κ1) is 20.8. The molecule has 5 rings (SSSR count). The van der Waals surface area contributed by atoms with Crippen LogP contribution in [0.25, 0.3) is 21.7 Å². The number of rotatable bonds is 3. The highest BCUT2D eigenvalue weighted by atomic mass is 16.5. The average Bonchev–Trinajstić information content (AvgIpc) is 2.87. The van der Waals surface area contributed by atoms with E-state index < -0.39 is 0 Å². The zero-order chi connectivity index (χ0) is 22.1. The number of carbonyl (C=O) groups excluding carboxylic acids is 2. The third-order valence-corrected chi connectivity index (χ3v) is 6.67. The van der Waals surface area contributed by atoms with E-state index in [1.807, 2.05) is 53.1 Å². The van der Waals surface area contributed by atoms with Gasteiger partial charge in [-0.1, -0.05) is 30.3 Å². The van der Waals surface area contributed by atoms with Crippen molar-refractivity contribution >= 4 is 33.5 Å². The van der Waals surface area contributed by atoms with Gasteiger partial charge in [0.15, 0.2) is 0 Å². The number of fused-ring (bicyclic) bond motifs is 3. The number of nitrogens with zero attached hydrogens (tertiary/aromatic N) is 4. The molecule has 0 radical (unpaired) electrons. The maximum Gasteiger partial charge on any atom is 0.256 e. The van der Waals surface area contributed by atoms with Crippen LogP contribution in [0.15, 0.2) is 48.7 Å². The molecule has 0 saturated carbocycles. The topological polar surface area (TPSA) is 66.0 Å². The van der Waals surface area contributed by atoms with E-state index in [1.165, 1.54) is 0 Å². The minimum Gasteiger partial charge on any atom is -0.378 e. The summed E-state index contributed by atoms with van der Waals surface area (Å²) < 4.78 is 5.36. The smallest absolute Gasteiger partial charge is 0.256 e. The van der Waals surface area contributed by atoms with Crippen molar-refractivity contribution in [2.75, 3.05) is 52.5 Å². The minimum atomic E-state index is -0.187. The van der Waals surface area contributed by atoms with Gasteiger partial charge in [0.1, 0.15) is 0 Å². The maximum absolute atomic E-state index is 13.5. The predicted octanol–water partition coefficient (Wildman–Crippen LogP) is 2.39. The molecule has 3 aromatic rings. The Morgan fingerprint density at radius 1 is 0.906 bits per heavy atom. The molecule has 32 heavy (non-hydrogen) atoms. The summed E-state index contributed by atoms with van der Waals surface area (Å²) in [6.45, 7) is 7.05. The highest BCUT2D eigenvalue weighted by molar-refractivity contribution is 6.15. The van der Waals surface area contributed by atoms with Gasteiger partial charge in [0.25, 0.3) is 5.91 Å². The fourth-order valence-corrected chi connectivity index (χ4v) is 4.78. The molecule has 0 aliphatic carbocycles. The van der Waals surface area contributed by atoms with Crippen molar-refractivity contribution in [1.29, 1.82) is 0 Å². The van der Waals surface area contributed by atoms with E-state index in [0.29, 0.717) is 58.0 Å². The van der Waals surface area contributed by atoms with Crippen molar-refractivity contribution in [3.8, 4) is 0 Å². The van der Waals surface area contributed by atoms with Gasteiger partial charge in [-0.25, -0.2) is 0 Å². The van der Waals surface area contributed by atoms with Gasteiger partial charge in [-0.05, 0) is 29.8 Å². The van der Waals surface area contributed by atoms with Gasteiger partial charge in [-0.3, -0.25) is 19.5 Å². The van der Waals surface area contributed by atoms with Crippen molar-refractivity contribution in [2.24, 2.45) is 0 Å². The number of pyridine rings is 1. The Labute approximate surface area is 187 Å². The average molecular weight is 433 g/mol. The van der Waals surface area contributed by atoms with Crippen LogP contribution in [0, 0.1) is 0 Å². The van der Waals surface area contributed by atoms with E-state index in [9.17, 15) is 9.59 Å². The van der Waals surface area contributed by atoms with Crippen molar-refractivity contribution in [1.82, 2.24) is 19.7 Å². The summed E-state index contributed by atoms with van der Waals surface area (Å²) in [6.07, 6.45) is 1.74. The van der Waals surface area contributed by atoms with Crippen molar-refractivity contribution in [3.05, 3.63) is 54.2 Å². The van der Waals surface area contributed by atoms with Crippen LogP contribution in [-0.4, -0.2) is 90.0 Å². The monoisotopic (exact) mass is 432 g/mol. The van der Waals surface area contributed by atoms with Crippen molar-refractivity contribution < 1.29 is 14.3 Å². The molecule has 0 bridgehead atoms. The molecule has 0 N–H and O–H groups in total. The molecule has 7 nitrogen and oxygen atoms in total.